The highest BCUT2D eigenvalue weighted by atomic mass is 16.5. The lowest BCUT2D eigenvalue weighted by atomic mass is 10.1. The smallest absolute Gasteiger partial charge is 0.259 e. The summed E-state index contributed by atoms with van der Waals surface area (Å²) in [6.07, 6.45) is 0. The van der Waals surface area contributed by atoms with E-state index in [-0.39, 0.29) is 5.91 Å². The second-order valence-electron chi connectivity index (χ2n) is 4.31. The maximum atomic E-state index is 12.2. The Hall–Kier alpha value is -1.36. The first-order valence-electron chi connectivity index (χ1n) is 5.55. The molecule has 1 atom stereocenters. The molecule has 1 aromatic rings. The van der Waals surface area contributed by atoms with Crippen molar-refractivity contribution in [2.45, 2.75) is 26.8 Å². The zero-order valence-electron chi connectivity index (χ0n) is 9.91. The molecule has 1 fully saturated rings. The third-order valence-electron chi connectivity index (χ3n) is 2.90. The molecule has 0 bridgehead atoms. The molecule has 1 N–H and O–H groups in total. The van der Waals surface area contributed by atoms with Crippen LogP contribution in [0.15, 0.2) is 4.52 Å². The molecule has 5 heteroatoms. The second-order valence-corrected chi connectivity index (χ2v) is 4.31. The second kappa shape index (κ2) is 4.25. The Balaban J connectivity index is 2.18. The van der Waals surface area contributed by atoms with Crippen LogP contribution in [0.5, 0.6) is 0 Å². The van der Waals surface area contributed by atoms with Gasteiger partial charge >= 0.3 is 0 Å². The van der Waals surface area contributed by atoms with E-state index in [0.717, 1.165) is 19.6 Å². The first-order chi connectivity index (χ1) is 7.59. The standard InChI is InChI=1S/C11H17N3O2/c1-7-6-14(5-4-12-7)11(15)10-8(2)13-16-9(10)3/h7,12H,4-6H2,1-3H3/t7-/m0/s1. The third kappa shape index (κ3) is 1.95. The summed E-state index contributed by atoms with van der Waals surface area (Å²) in [4.78, 5) is 14.1. The van der Waals surface area contributed by atoms with Crippen molar-refractivity contribution >= 4 is 5.91 Å². The lowest BCUT2D eigenvalue weighted by molar-refractivity contribution is 0.0706. The molecule has 0 aliphatic carbocycles. The minimum Gasteiger partial charge on any atom is -0.361 e. The van der Waals surface area contributed by atoms with Crippen LogP contribution in [0, 0.1) is 13.8 Å². The Bertz CT molecular complexity index is 380. The Morgan fingerprint density at radius 3 is 2.88 bits per heavy atom. The summed E-state index contributed by atoms with van der Waals surface area (Å²) >= 11 is 0. The van der Waals surface area contributed by atoms with Gasteiger partial charge in [0.05, 0.1) is 5.69 Å². The van der Waals surface area contributed by atoms with E-state index >= 15 is 0 Å². The summed E-state index contributed by atoms with van der Waals surface area (Å²) in [6.45, 7) is 7.98. The first kappa shape index (κ1) is 11.1. The minimum atomic E-state index is 0.0320. The fourth-order valence-corrected chi connectivity index (χ4v) is 2.06. The van der Waals surface area contributed by atoms with Gasteiger partial charge in [-0.15, -0.1) is 0 Å². The SMILES string of the molecule is Cc1noc(C)c1C(=O)N1CCN[C@@H](C)C1. The normalized spacial score (nSPS) is 21.2. The lowest BCUT2D eigenvalue weighted by Crippen LogP contribution is -2.51. The van der Waals surface area contributed by atoms with E-state index in [1.54, 1.807) is 13.8 Å². The number of amides is 1. The maximum Gasteiger partial charge on any atom is 0.259 e. The number of hydrogen-bond acceptors (Lipinski definition) is 4. The molecular formula is C11H17N3O2. The van der Waals surface area contributed by atoms with Crippen molar-refractivity contribution in [1.29, 1.82) is 0 Å². The van der Waals surface area contributed by atoms with Gasteiger partial charge < -0.3 is 14.7 Å². The van der Waals surface area contributed by atoms with Crippen LogP contribution in [0.3, 0.4) is 0 Å². The third-order valence-corrected chi connectivity index (χ3v) is 2.90. The van der Waals surface area contributed by atoms with Crippen LogP contribution in [0.2, 0.25) is 0 Å². The summed E-state index contributed by atoms with van der Waals surface area (Å²) in [7, 11) is 0. The number of hydrogen-bond donors (Lipinski definition) is 1. The largest absolute Gasteiger partial charge is 0.361 e. The van der Waals surface area contributed by atoms with Gasteiger partial charge in [-0.1, -0.05) is 5.16 Å². The highest BCUT2D eigenvalue weighted by molar-refractivity contribution is 5.96. The highest BCUT2D eigenvalue weighted by Crippen LogP contribution is 2.15. The average Bonchev–Trinajstić information content (AvgIpc) is 2.58. The predicted octanol–water partition coefficient (Wildman–Crippen LogP) is 0.725. The van der Waals surface area contributed by atoms with E-state index in [9.17, 15) is 4.79 Å². The topological polar surface area (TPSA) is 58.4 Å². The number of rotatable bonds is 1. The molecule has 2 heterocycles. The van der Waals surface area contributed by atoms with Gasteiger partial charge in [0.25, 0.3) is 5.91 Å². The van der Waals surface area contributed by atoms with Crippen molar-refractivity contribution in [1.82, 2.24) is 15.4 Å². The number of carbonyl (C=O) groups is 1. The average molecular weight is 223 g/mol. The summed E-state index contributed by atoms with van der Waals surface area (Å²) in [5.41, 5.74) is 1.29. The maximum absolute atomic E-state index is 12.2. The van der Waals surface area contributed by atoms with E-state index in [2.05, 4.69) is 17.4 Å². The molecule has 16 heavy (non-hydrogen) atoms. The Morgan fingerprint density at radius 2 is 2.31 bits per heavy atom. The number of nitrogens with zero attached hydrogens (tertiary/aromatic N) is 2. The van der Waals surface area contributed by atoms with E-state index in [0.29, 0.717) is 23.1 Å². The Kier molecular flexibility index (Phi) is 2.96. The van der Waals surface area contributed by atoms with Crippen molar-refractivity contribution in [2.24, 2.45) is 0 Å². The number of piperazine rings is 1. The van der Waals surface area contributed by atoms with Crippen LogP contribution in [0.4, 0.5) is 0 Å². The van der Waals surface area contributed by atoms with Crippen LogP contribution >= 0.6 is 0 Å². The number of aryl methyl sites for hydroxylation is 2. The van der Waals surface area contributed by atoms with Crippen molar-refractivity contribution < 1.29 is 9.32 Å². The predicted molar refractivity (Wildman–Crippen MR) is 59.3 cm³/mol. The van der Waals surface area contributed by atoms with Gasteiger partial charge in [-0.3, -0.25) is 4.79 Å². The molecule has 1 amide bonds. The molecule has 0 spiro atoms. The molecule has 2 rings (SSSR count). The summed E-state index contributed by atoms with van der Waals surface area (Å²) in [5, 5.41) is 7.12. The zero-order valence-corrected chi connectivity index (χ0v) is 9.91. The molecule has 1 saturated heterocycles. The molecule has 5 nitrogen and oxygen atoms in total. The number of carbonyl (C=O) groups excluding carboxylic acids is 1. The van der Waals surface area contributed by atoms with E-state index < -0.39 is 0 Å². The fraction of sp³-hybridized carbons (Fsp3) is 0.636. The molecule has 0 aromatic carbocycles. The Labute approximate surface area is 94.8 Å². The molecule has 0 radical (unpaired) electrons. The molecule has 0 unspecified atom stereocenters. The molecule has 0 saturated carbocycles. The van der Waals surface area contributed by atoms with Gasteiger partial charge in [-0.05, 0) is 20.8 Å². The molecular weight excluding hydrogens is 206 g/mol. The minimum absolute atomic E-state index is 0.0320. The Morgan fingerprint density at radius 1 is 1.56 bits per heavy atom. The van der Waals surface area contributed by atoms with Crippen LogP contribution in [-0.4, -0.2) is 41.6 Å². The van der Waals surface area contributed by atoms with Crippen LogP contribution in [-0.2, 0) is 0 Å². The van der Waals surface area contributed by atoms with Gasteiger partial charge in [0.1, 0.15) is 11.3 Å². The molecule has 1 aromatic heterocycles. The van der Waals surface area contributed by atoms with E-state index in [4.69, 9.17) is 4.52 Å². The first-order valence-corrected chi connectivity index (χ1v) is 5.55. The summed E-state index contributed by atoms with van der Waals surface area (Å²) < 4.78 is 5.02. The quantitative estimate of drug-likeness (QED) is 0.762. The van der Waals surface area contributed by atoms with Crippen molar-refractivity contribution in [3.05, 3.63) is 17.0 Å². The fourth-order valence-electron chi connectivity index (χ4n) is 2.06. The van der Waals surface area contributed by atoms with E-state index in [1.807, 2.05) is 4.90 Å². The van der Waals surface area contributed by atoms with Crippen molar-refractivity contribution in [3.63, 3.8) is 0 Å². The molecule has 1 aliphatic heterocycles. The highest BCUT2D eigenvalue weighted by Gasteiger charge is 2.26. The van der Waals surface area contributed by atoms with Crippen molar-refractivity contribution in [2.75, 3.05) is 19.6 Å². The van der Waals surface area contributed by atoms with Crippen molar-refractivity contribution in [3.8, 4) is 0 Å². The number of aromatic nitrogens is 1. The monoisotopic (exact) mass is 223 g/mol. The van der Waals surface area contributed by atoms with Gasteiger partial charge in [0.2, 0.25) is 0 Å². The lowest BCUT2D eigenvalue weighted by Gasteiger charge is -2.31. The summed E-state index contributed by atoms with van der Waals surface area (Å²) in [6, 6.07) is 0.346. The van der Waals surface area contributed by atoms with Gasteiger partial charge in [0.15, 0.2) is 0 Å². The zero-order chi connectivity index (χ0) is 11.7. The summed E-state index contributed by atoms with van der Waals surface area (Å²) in [5.74, 6) is 0.637. The van der Waals surface area contributed by atoms with Crippen LogP contribution < -0.4 is 5.32 Å². The number of nitrogens with one attached hydrogen (secondary N) is 1. The van der Waals surface area contributed by atoms with Gasteiger partial charge in [-0.25, -0.2) is 0 Å². The van der Waals surface area contributed by atoms with E-state index in [1.165, 1.54) is 0 Å². The molecule has 88 valence electrons. The van der Waals surface area contributed by atoms with Gasteiger partial charge in [0, 0.05) is 25.7 Å². The van der Waals surface area contributed by atoms with Gasteiger partial charge in [-0.2, -0.15) is 0 Å². The van der Waals surface area contributed by atoms with Crippen LogP contribution in [0.25, 0.3) is 0 Å². The molecule has 1 aliphatic rings. The van der Waals surface area contributed by atoms with Crippen LogP contribution in [0.1, 0.15) is 28.7 Å².